The Morgan fingerprint density at radius 2 is 1.59 bits per heavy atom. The molecule has 4 rings (SSSR count). The van der Waals surface area contributed by atoms with E-state index in [2.05, 4.69) is 5.32 Å². The van der Waals surface area contributed by atoms with Gasteiger partial charge in [-0.2, -0.15) is 0 Å². The summed E-state index contributed by atoms with van der Waals surface area (Å²) in [6.45, 7) is 1.63. The molecule has 0 spiro atoms. The minimum atomic E-state index is -0.450. The maximum absolute atomic E-state index is 13.1. The zero-order valence-electron chi connectivity index (χ0n) is 16.5. The highest BCUT2D eigenvalue weighted by Gasteiger charge is 2.54. The fourth-order valence-corrected chi connectivity index (χ4v) is 4.87. The van der Waals surface area contributed by atoms with Crippen molar-refractivity contribution < 1.29 is 19.1 Å². The Labute approximate surface area is 170 Å². The third-order valence-electron chi connectivity index (χ3n) is 6.23. The second-order valence-electron chi connectivity index (χ2n) is 8.14. The van der Waals surface area contributed by atoms with Crippen molar-refractivity contribution in [1.82, 2.24) is 0 Å². The molecule has 1 amide bonds. The zero-order valence-corrected chi connectivity index (χ0v) is 16.5. The van der Waals surface area contributed by atoms with Crippen LogP contribution in [0.25, 0.3) is 0 Å². The summed E-state index contributed by atoms with van der Waals surface area (Å²) in [5.41, 5.74) is 2.40. The van der Waals surface area contributed by atoms with Crippen LogP contribution in [-0.2, 0) is 14.3 Å². The van der Waals surface area contributed by atoms with E-state index in [-0.39, 0.29) is 36.1 Å². The van der Waals surface area contributed by atoms with E-state index in [9.17, 15) is 14.4 Å². The highest BCUT2D eigenvalue weighted by molar-refractivity contribution is 6.01. The van der Waals surface area contributed by atoms with Gasteiger partial charge in [0.15, 0.2) is 12.4 Å². The Hall–Kier alpha value is -2.95. The van der Waals surface area contributed by atoms with Crippen LogP contribution in [-0.4, -0.2) is 24.3 Å². The number of carbonyl (C=O) groups is 3. The predicted octanol–water partition coefficient (Wildman–Crippen LogP) is 4.02. The van der Waals surface area contributed by atoms with E-state index in [0.29, 0.717) is 11.3 Å². The molecule has 0 radical (unpaired) electrons. The molecule has 5 heteroatoms. The van der Waals surface area contributed by atoms with Crippen molar-refractivity contribution in [3.8, 4) is 0 Å². The molecule has 29 heavy (non-hydrogen) atoms. The first-order chi connectivity index (χ1) is 14.0. The van der Waals surface area contributed by atoms with Gasteiger partial charge in [-0.15, -0.1) is 0 Å². The number of fused-ring (bicyclic) bond motifs is 2. The molecule has 2 aliphatic carbocycles. The summed E-state index contributed by atoms with van der Waals surface area (Å²) in [4.78, 5) is 38.1. The average molecular weight is 391 g/mol. The minimum absolute atomic E-state index is 0.0175. The molecule has 2 bridgehead atoms. The predicted molar refractivity (Wildman–Crippen MR) is 109 cm³/mol. The Bertz CT molecular complexity index is 906. The largest absolute Gasteiger partial charge is 0.455 e. The number of ketones is 1. The van der Waals surface area contributed by atoms with E-state index in [1.165, 1.54) is 0 Å². The number of amides is 1. The van der Waals surface area contributed by atoms with Crippen LogP contribution in [0, 0.1) is 30.6 Å². The van der Waals surface area contributed by atoms with Gasteiger partial charge in [0.05, 0.1) is 5.92 Å². The van der Waals surface area contributed by atoms with Crippen molar-refractivity contribution >= 4 is 23.3 Å². The van der Waals surface area contributed by atoms with E-state index in [1.54, 1.807) is 24.3 Å². The first-order valence-electron chi connectivity index (χ1n) is 10.2. The third kappa shape index (κ3) is 4.09. The summed E-state index contributed by atoms with van der Waals surface area (Å²) in [5, 5.41) is 2.73. The fourth-order valence-electron chi connectivity index (χ4n) is 4.87. The van der Waals surface area contributed by atoms with Gasteiger partial charge in [-0.1, -0.05) is 48.0 Å². The summed E-state index contributed by atoms with van der Waals surface area (Å²) >= 11 is 0. The van der Waals surface area contributed by atoms with Crippen LogP contribution in [0.3, 0.4) is 0 Å². The number of esters is 1. The van der Waals surface area contributed by atoms with Crippen molar-refractivity contribution in [2.45, 2.75) is 26.2 Å². The van der Waals surface area contributed by atoms with Crippen molar-refractivity contribution in [2.75, 3.05) is 11.9 Å². The van der Waals surface area contributed by atoms with Crippen LogP contribution in [0.2, 0.25) is 0 Å². The van der Waals surface area contributed by atoms with E-state index >= 15 is 0 Å². The van der Waals surface area contributed by atoms with E-state index in [1.807, 2.05) is 37.3 Å². The van der Waals surface area contributed by atoms with Crippen LogP contribution in [0.4, 0.5) is 5.69 Å². The first kappa shape index (κ1) is 19.4. The number of Topliss-reactive ketones (excluding diaryl/α,β-unsaturated/α-hetero) is 1. The maximum Gasteiger partial charge on any atom is 0.310 e. The maximum atomic E-state index is 13.1. The van der Waals surface area contributed by atoms with Gasteiger partial charge < -0.3 is 10.1 Å². The summed E-state index contributed by atoms with van der Waals surface area (Å²) in [7, 11) is 0. The normalized spacial score (nSPS) is 24.9. The summed E-state index contributed by atoms with van der Waals surface area (Å²) in [5.74, 6) is -1.18. The Balaban J connectivity index is 1.39. The number of anilines is 1. The molecular weight excluding hydrogens is 366 g/mol. The van der Waals surface area contributed by atoms with E-state index in [0.717, 1.165) is 24.8 Å². The number of hydrogen-bond acceptors (Lipinski definition) is 4. The minimum Gasteiger partial charge on any atom is -0.455 e. The van der Waals surface area contributed by atoms with Gasteiger partial charge >= 0.3 is 5.97 Å². The molecule has 2 aromatic carbocycles. The van der Waals surface area contributed by atoms with Crippen LogP contribution in [0.5, 0.6) is 0 Å². The van der Waals surface area contributed by atoms with Crippen LogP contribution < -0.4 is 5.32 Å². The van der Waals surface area contributed by atoms with Gasteiger partial charge in [-0.25, -0.2) is 0 Å². The molecule has 4 atom stereocenters. The highest BCUT2D eigenvalue weighted by atomic mass is 16.5. The number of hydrogen-bond donors (Lipinski definition) is 1. The number of benzene rings is 2. The van der Waals surface area contributed by atoms with Crippen molar-refractivity contribution in [3.05, 3.63) is 65.7 Å². The molecule has 2 aliphatic rings. The lowest BCUT2D eigenvalue weighted by atomic mass is 9.75. The summed E-state index contributed by atoms with van der Waals surface area (Å²) < 4.78 is 5.35. The zero-order chi connectivity index (χ0) is 20.4. The fraction of sp³-hybridized carbons (Fsp3) is 0.375. The number of aryl methyl sites for hydroxylation is 1. The molecule has 5 nitrogen and oxygen atoms in total. The standard InChI is InChI=1S/C24H25NO4/c1-15-7-11-19(12-8-15)25-20(26)14-29-24(28)22-18-10-9-17(13-18)21(22)23(27)16-5-3-2-4-6-16/h2-8,11-12,17-18,21-22H,9-10,13-14H2,1H3,(H,25,26)/t17-,18-,21+,22-/m1/s1. The molecule has 0 unspecified atom stereocenters. The summed E-state index contributed by atoms with van der Waals surface area (Å²) in [6, 6.07) is 16.5. The van der Waals surface area contributed by atoms with Crippen LogP contribution in [0.15, 0.2) is 54.6 Å². The molecule has 0 saturated heterocycles. The van der Waals surface area contributed by atoms with Gasteiger partial charge in [0.2, 0.25) is 0 Å². The SMILES string of the molecule is Cc1ccc(NC(=O)COC(=O)[C@@H]2[C@@H]3CC[C@H](C3)[C@@H]2C(=O)c2ccccc2)cc1. The molecule has 2 aromatic rings. The molecule has 0 aliphatic heterocycles. The van der Waals surface area contributed by atoms with E-state index < -0.39 is 11.9 Å². The lowest BCUT2D eigenvalue weighted by Gasteiger charge is -2.28. The smallest absolute Gasteiger partial charge is 0.310 e. The van der Waals surface area contributed by atoms with Gasteiger partial charge in [0.25, 0.3) is 5.91 Å². The molecule has 150 valence electrons. The summed E-state index contributed by atoms with van der Waals surface area (Å²) in [6.07, 6.45) is 2.81. The number of rotatable bonds is 6. The Morgan fingerprint density at radius 1 is 0.931 bits per heavy atom. The van der Waals surface area contributed by atoms with Gasteiger partial charge in [-0.3, -0.25) is 14.4 Å². The number of nitrogens with one attached hydrogen (secondary N) is 1. The Morgan fingerprint density at radius 3 is 2.28 bits per heavy atom. The molecule has 0 aromatic heterocycles. The second-order valence-corrected chi connectivity index (χ2v) is 8.14. The third-order valence-corrected chi connectivity index (χ3v) is 6.23. The molecule has 2 fully saturated rings. The van der Waals surface area contributed by atoms with Gasteiger partial charge in [-0.05, 0) is 50.2 Å². The molecule has 2 saturated carbocycles. The Kier molecular flexibility index (Phi) is 5.47. The lowest BCUT2D eigenvalue weighted by Crippen LogP contribution is -2.37. The quantitative estimate of drug-likeness (QED) is 0.596. The molecular formula is C24H25NO4. The molecule has 0 heterocycles. The monoisotopic (exact) mass is 391 g/mol. The van der Waals surface area contributed by atoms with Crippen molar-refractivity contribution in [3.63, 3.8) is 0 Å². The van der Waals surface area contributed by atoms with Crippen molar-refractivity contribution in [2.24, 2.45) is 23.7 Å². The topological polar surface area (TPSA) is 72.5 Å². The second kappa shape index (κ2) is 8.19. The average Bonchev–Trinajstić information content (AvgIpc) is 3.35. The van der Waals surface area contributed by atoms with Gasteiger partial charge in [0.1, 0.15) is 0 Å². The highest BCUT2D eigenvalue weighted by Crippen LogP contribution is 2.53. The van der Waals surface area contributed by atoms with Crippen LogP contribution in [0.1, 0.15) is 35.2 Å². The number of carbonyl (C=O) groups excluding carboxylic acids is 3. The van der Waals surface area contributed by atoms with Crippen LogP contribution >= 0.6 is 0 Å². The molecule has 1 N–H and O–H groups in total. The first-order valence-corrected chi connectivity index (χ1v) is 10.2. The van der Waals surface area contributed by atoms with Gasteiger partial charge in [0, 0.05) is 17.2 Å². The van der Waals surface area contributed by atoms with E-state index in [4.69, 9.17) is 4.74 Å². The lowest BCUT2D eigenvalue weighted by molar-refractivity contribution is -0.154. The number of ether oxygens (including phenoxy) is 1. The van der Waals surface area contributed by atoms with Crippen molar-refractivity contribution in [1.29, 1.82) is 0 Å².